The van der Waals surface area contributed by atoms with E-state index in [-0.39, 0.29) is 11.3 Å². The first-order valence-corrected chi connectivity index (χ1v) is 7.02. The van der Waals surface area contributed by atoms with Gasteiger partial charge in [-0.15, -0.1) is 0 Å². The first-order valence-electron chi connectivity index (χ1n) is 5.44. The number of carbonyl (C=O) groups excluding carboxylic acids is 1. The number of benzene rings is 1. The number of hydrogen-bond acceptors (Lipinski definition) is 3. The molecule has 0 aliphatic heterocycles. The van der Waals surface area contributed by atoms with E-state index in [0.29, 0.717) is 10.2 Å². The van der Waals surface area contributed by atoms with Gasteiger partial charge in [0.15, 0.2) is 0 Å². The molecule has 7 heteroatoms. The largest absolute Gasteiger partial charge is 0.478 e. The van der Waals surface area contributed by atoms with Crippen molar-refractivity contribution in [3.63, 3.8) is 0 Å². The van der Waals surface area contributed by atoms with Crippen molar-refractivity contribution in [2.45, 2.75) is 0 Å². The van der Waals surface area contributed by atoms with Crippen molar-refractivity contribution in [2.75, 3.05) is 5.32 Å². The standard InChI is InChI=1S/C13H8Br2N2O3/c14-7-3-4-10(9(15)6-7)17-12(18)11-8(13(19)20)2-1-5-16-11/h1-6H,(H,17,18)(H,19,20). The fourth-order valence-corrected chi connectivity index (χ4v) is 2.68. The van der Waals surface area contributed by atoms with Gasteiger partial charge in [0.05, 0.1) is 11.3 Å². The molecule has 0 atom stereocenters. The molecule has 0 aliphatic carbocycles. The fourth-order valence-electron chi connectivity index (χ4n) is 1.53. The average molecular weight is 400 g/mol. The second kappa shape index (κ2) is 6.15. The first kappa shape index (κ1) is 14.7. The van der Waals surface area contributed by atoms with Crippen LogP contribution in [0.15, 0.2) is 45.5 Å². The molecule has 1 aromatic heterocycles. The summed E-state index contributed by atoms with van der Waals surface area (Å²) < 4.78 is 1.53. The van der Waals surface area contributed by atoms with Crippen molar-refractivity contribution in [1.82, 2.24) is 4.98 Å². The van der Waals surface area contributed by atoms with Crippen LogP contribution < -0.4 is 5.32 Å². The zero-order valence-electron chi connectivity index (χ0n) is 9.93. The SMILES string of the molecule is O=C(O)c1cccnc1C(=O)Nc1ccc(Br)cc1Br. The number of nitrogens with zero attached hydrogens (tertiary/aromatic N) is 1. The Morgan fingerprint density at radius 3 is 2.60 bits per heavy atom. The van der Waals surface area contributed by atoms with Gasteiger partial charge < -0.3 is 10.4 Å². The molecule has 0 aliphatic rings. The highest BCUT2D eigenvalue weighted by Crippen LogP contribution is 2.26. The number of carboxylic acid groups (broad SMARTS) is 1. The summed E-state index contributed by atoms with van der Waals surface area (Å²) in [5.74, 6) is -1.77. The second-order valence-corrected chi connectivity index (χ2v) is 5.55. The Balaban J connectivity index is 2.31. The van der Waals surface area contributed by atoms with Gasteiger partial charge in [-0.3, -0.25) is 9.78 Å². The third-order valence-electron chi connectivity index (χ3n) is 2.43. The molecular formula is C13H8Br2N2O3. The molecule has 20 heavy (non-hydrogen) atoms. The Labute approximate surface area is 131 Å². The number of amides is 1. The number of carbonyl (C=O) groups is 2. The third-order valence-corrected chi connectivity index (χ3v) is 3.58. The predicted molar refractivity (Wildman–Crippen MR) is 81.0 cm³/mol. The number of carboxylic acids is 1. The molecule has 0 spiro atoms. The maximum atomic E-state index is 12.1. The van der Waals surface area contributed by atoms with E-state index in [1.165, 1.54) is 18.3 Å². The monoisotopic (exact) mass is 398 g/mol. The molecule has 2 N–H and O–H groups in total. The average Bonchev–Trinajstić information content (AvgIpc) is 2.41. The molecule has 102 valence electrons. The van der Waals surface area contributed by atoms with E-state index < -0.39 is 11.9 Å². The van der Waals surface area contributed by atoms with Crippen LogP contribution in [-0.2, 0) is 0 Å². The van der Waals surface area contributed by atoms with E-state index in [1.807, 2.05) is 0 Å². The Kier molecular flexibility index (Phi) is 4.51. The van der Waals surface area contributed by atoms with Gasteiger partial charge in [-0.1, -0.05) is 15.9 Å². The van der Waals surface area contributed by atoms with E-state index in [1.54, 1.807) is 18.2 Å². The molecule has 0 radical (unpaired) electrons. The van der Waals surface area contributed by atoms with Crippen molar-refractivity contribution in [3.8, 4) is 0 Å². The van der Waals surface area contributed by atoms with Crippen molar-refractivity contribution < 1.29 is 14.7 Å². The molecule has 1 amide bonds. The quantitative estimate of drug-likeness (QED) is 0.826. The fraction of sp³-hybridized carbons (Fsp3) is 0. The molecule has 1 aromatic carbocycles. The van der Waals surface area contributed by atoms with Gasteiger partial charge in [-0.2, -0.15) is 0 Å². The van der Waals surface area contributed by atoms with Crippen molar-refractivity contribution in [3.05, 3.63) is 56.7 Å². The van der Waals surface area contributed by atoms with Crippen LogP contribution >= 0.6 is 31.9 Å². The molecule has 2 aromatic rings. The Bertz CT molecular complexity index is 689. The molecule has 2 rings (SSSR count). The minimum Gasteiger partial charge on any atom is -0.478 e. The van der Waals surface area contributed by atoms with Crippen LogP contribution in [0, 0.1) is 0 Å². The number of aromatic nitrogens is 1. The summed E-state index contributed by atoms with van der Waals surface area (Å²) in [6, 6.07) is 8.02. The summed E-state index contributed by atoms with van der Waals surface area (Å²) in [7, 11) is 0. The van der Waals surface area contributed by atoms with E-state index in [2.05, 4.69) is 42.2 Å². The molecule has 0 bridgehead atoms. The van der Waals surface area contributed by atoms with Crippen LogP contribution in [0.5, 0.6) is 0 Å². The van der Waals surface area contributed by atoms with E-state index >= 15 is 0 Å². The minimum atomic E-state index is -1.20. The highest BCUT2D eigenvalue weighted by Gasteiger charge is 2.18. The van der Waals surface area contributed by atoms with E-state index in [0.717, 1.165) is 4.47 Å². The smallest absolute Gasteiger partial charge is 0.338 e. The highest BCUT2D eigenvalue weighted by molar-refractivity contribution is 9.11. The summed E-state index contributed by atoms with van der Waals surface area (Å²) >= 11 is 6.62. The van der Waals surface area contributed by atoms with Crippen LogP contribution in [0.1, 0.15) is 20.8 Å². The van der Waals surface area contributed by atoms with Crippen LogP contribution in [0.4, 0.5) is 5.69 Å². The first-order chi connectivity index (χ1) is 9.49. The van der Waals surface area contributed by atoms with Gasteiger partial charge in [0.25, 0.3) is 5.91 Å². The van der Waals surface area contributed by atoms with Gasteiger partial charge in [-0.25, -0.2) is 4.79 Å². The van der Waals surface area contributed by atoms with Crippen LogP contribution in [0.25, 0.3) is 0 Å². The van der Waals surface area contributed by atoms with E-state index in [9.17, 15) is 9.59 Å². The zero-order valence-corrected chi connectivity index (χ0v) is 13.1. The summed E-state index contributed by atoms with van der Waals surface area (Å²) in [5.41, 5.74) is 0.258. The van der Waals surface area contributed by atoms with Crippen molar-refractivity contribution >= 4 is 49.4 Å². The summed E-state index contributed by atoms with van der Waals surface area (Å²) in [4.78, 5) is 27.0. The number of anilines is 1. The van der Waals surface area contributed by atoms with Crippen LogP contribution in [0.2, 0.25) is 0 Å². The summed E-state index contributed by atoms with van der Waals surface area (Å²) in [6.45, 7) is 0. The number of aromatic carboxylic acids is 1. The number of pyridine rings is 1. The lowest BCUT2D eigenvalue weighted by Crippen LogP contribution is -2.18. The molecule has 0 saturated heterocycles. The van der Waals surface area contributed by atoms with Crippen molar-refractivity contribution in [2.24, 2.45) is 0 Å². The lowest BCUT2D eigenvalue weighted by Gasteiger charge is -2.08. The maximum Gasteiger partial charge on any atom is 0.338 e. The molecule has 0 saturated carbocycles. The Morgan fingerprint density at radius 1 is 1.20 bits per heavy atom. The van der Waals surface area contributed by atoms with Gasteiger partial charge in [-0.05, 0) is 46.3 Å². The van der Waals surface area contributed by atoms with Crippen LogP contribution in [-0.4, -0.2) is 22.0 Å². The Morgan fingerprint density at radius 2 is 1.95 bits per heavy atom. The highest BCUT2D eigenvalue weighted by atomic mass is 79.9. The van der Waals surface area contributed by atoms with Crippen molar-refractivity contribution in [1.29, 1.82) is 0 Å². The zero-order chi connectivity index (χ0) is 14.7. The Hall–Kier alpha value is -1.73. The third kappa shape index (κ3) is 3.23. The predicted octanol–water partition coefficient (Wildman–Crippen LogP) is 3.56. The summed E-state index contributed by atoms with van der Waals surface area (Å²) in [6.07, 6.45) is 1.37. The summed E-state index contributed by atoms with van der Waals surface area (Å²) in [5, 5.41) is 11.7. The lowest BCUT2D eigenvalue weighted by atomic mass is 10.2. The molecular weight excluding hydrogens is 392 g/mol. The van der Waals surface area contributed by atoms with E-state index in [4.69, 9.17) is 5.11 Å². The second-order valence-electron chi connectivity index (χ2n) is 3.78. The number of halogens is 2. The van der Waals surface area contributed by atoms with Gasteiger partial charge in [0.1, 0.15) is 5.69 Å². The number of nitrogens with one attached hydrogen (secondary N) is 1. The van der Waals surface area contributed by atoms with Crippen LogP contribution in [0.3, 0.4) is 0 Å². The van der Waals surface area contributed by atoms with Gasteiger partial charge in [0.2, 0.25) is 0 Å². The normalized spacial score (nSPS) is 10.1. The van der Waals surface area contributed by atoms with Gasteiger partial charge in [0, 0.05) is 15.1 Å². The maximum absolute atomic E-state index is 12.1. The molecule has 0 unspecified atom stereocenters. The molecule has 5 nitrogen and oxygen atoms in total. The lowest BCUT2D eigenvalue weighted by molar-refractivity contribution is 0.0691. The number of hydrogen-bond donors (Lipinski definition) is 2. The molecule has 0 fully saturated rings. The van der Waals surface area contributed by atoms with Gasteiger partial charge >= 0.3 is 5.97 Å². The topological polar surface area (TPSA) is 79.3 Å². The number of rotatable bonds is 3. The molecule has 1 heterocycles. The minimum absolute atomic E-state index is 0.130.